The van der Waals surface area contributed by atoms with E-state index in [-0.39, 0.29) is 11.2 Å². The molecule has 1 aromatic heterocycles. The van der Waals surface area contributed by atoms with Crippen LogP contribution in [0.15, 0.2) is 28.6 Å². The third kappa shape index (κ3) is 4.33. The summed E-state index contributed by atoms with van der Waals surface area (Å²) in [6.07, 6.45) is 0. The lowest BCUT2D eigenvalue weighted by molar-refractivity contribution is -0.115. The molecule has 0 radical (unpaired) electrons. The number of nitrogens with one attached hydrogen (secondary N) is 1. The molecule has 0 saturated heterocycles. The molecule has 8 heteroatoms. The third-order valence-electron chi connectivity index (χ3n) is 2.60. The topological polar surface area (TPSA) is 84.1 Å². The molecule has 6 nitrogen and oxygen atoms in total. The molecule has 0 spiro atoms. The zero-order valence-electron chi connectivity index (χ0n) is 12.0. The van der Waals surface area contributed by atoms with E-state index in [0.717, 1.165) is 15.2 Å². The first-order chi connectivity index (χ1) is 9.95. The Morgan fingerprint density at radius 3 is 2.57 bits per heavy atom. The first-order valence-electron chi connectivity index (χ1n) is 6.29. The van der Waals surface area contributed by atoms with Crippen molar-refractivity contribution in [2.45, 2.75) is 16.5 Å². The van der Waals surface area contributed by atoms with E-state index in [2.05, 4.69) is 15.5 Å². The number of anilines is 3. The lowest BCUT2D eigenvalue weighted by atomic mass is 10.3. The number of thioether (sulfide) groups is 1. The van der Waals surface area contributed by atoms with Gasteiger partial charge >= 0.3 is 0 Å². The monoisotopic (exact) mass is 323 g/mol. The second kappa shape index (κ2) is 6.77. The molecular weight excluding hydrogens is 306 g/mol. The number of hydrogen-bond donors (Lipinski definition) is 2. The summed E-state index contributed by atoms with van der Waals surface area (Å²) in [4.78, 5) is 14.0. The Balaban J connectivity index is 1.94. The van der Waals surface area contributed by atoms with Gasteiger partial charge in [-0.1, -0.05) is 23.1 Å². The predicted octanol–water partition coefficient (Wildman–Crippen LogP) is 2.31. The van der Waals surface area contributed by atoms with Crippen LogP contribution in [0.1, 0.15) is 6.92 Å². The predicted molar refractivity (Wildman–Crippen MR) is 89.0 cm³/mol. The summed E-state index contributed by atoms with van der Waals surface area (Å²) in [6.45, 7) is 1.84. The van der Waals surface area contributed by atoms with E-state index in [0.29, 0.717) is 5.69 Å². The Bertz CT molecular complexity index is 611. The minimum absolute atomic E-state index is 0.0774. The summed E-state index contributed by atoms with van der Waals surface area (Å²) in [5, 5.41) is 11.5. The molecule has 1 unspecified atom stereocenters. The summed E-state index contributed by atoms with van der Waals surface area (Å²) >= 11 is 2.86. The smallest absolute Gasteiger partial charge is 0.237 e. The molecule has 1 heterocycles. The van der Waals surface area contributed by atoms with Crippen LogP contribution in [0.5, 0.6) is 0 Å². The van der Waals surface area contributed by atoms with Crippen LogP contribution in [0, 0.1) is 0 Å². The average Bonchev–Trinajstić information content (AvgIpc) is 2.90. The number of carbonyl (C=O) groups is 1. The molecule has 0 saturated carbocycles. The average molecular weight is 323 g/mol. The summed E-state index contributed by atoms with van der Waals surface area (Å²) in [5.74, 6) is -0.0774. The van der Waals surface area contributed by atoms with Crippen molar-refractivity contribution in [2.24, 2.45) is 0 Å². The largest absolute Gasteiger partial charge is 0.399 e. The van der Waals surface area contributed by atoms with E-state index in [1.54, 1.807) is 24.3 Å². The lowest BCUT2D eigenvalue weighted by Crippen LogP contribution is -2.22. The van der Waals surface area contributed by atoms with Crippen molar-refractivity contribution in [3.8, 4) is 0 Å². The fourth-order valence-electron chi connectivity index (χ4n) is 1.45. The Morgan fingerprint density at radius 1 is 1.33 bits per heavy atom. The number of nitrogens with two attached hydrogens (primary N) is 1. The SMILES string of the molecule is CC(Sc1nnc(N(C)C)s1)C(=O)Nc1ccc(N)cc1. The van der Waals surface area contributed by atoms with Gasteiger partial charge in [0.2, 0.25) is 11.0 Å². The van der Waals surface area contributed by atoms with Crippen molar-refractivity contribution in [2.75, 3.05) is 30.0 Å². The van der Waals surface area contributed by atoms with Crippen LogP contribution < -0.4 is 16.0 Å². The maximum Gasteiger partial charge on any atom is 0.237 e. The molecule has 2 rings (SSSR count). The van der Waals surface area contributed by atoms with Crippen molar-refractivity contribution >= 4 is 45.5 Å². The zero-order valence-corrected chi connectivity index (χ0v) is 13.7. The van der Waals surface area contributed by atoms with Gasteiger partial charge in [0.15, 0.2) is 4.34 Å². The standard InChI is InChI=1S/C13H17N5OS2/c1-8(20-13-17-16-12(21-13)18(2)3)11(19)15-10-6-4-9(14)5-7-10/h4-8H,14H2,1-3H3,(H,15,19). The van der Waals surface area contributed by atoms with Gasteiger partial charge in [-0.2, -0.15) is 0 Å². The van der Waals surface area contributed by atoms with Crippen molar-refractivity contribution < 1.29 is 4.79 Å². The van der Waals surface area contributed by atoms with Crippen molar-refractivity contribution in [3.05, 3.63) is 24.3 Å². The maximum atomic E-state index is 12.1. The highest BCUT2D eigenvalue weighted by Crippen LogP contribution is 2.30. The molecule has 112 valence electrons. The molecule has 0 bridgehead atoms. The van der Waals surface area contributed by atoms with E-state index in [1.165, 1.54) is 23.1 Å². The summed E-state index contributed by atoms with van der Waals surface area (Å²) in [7, 11) is 3.82. The first-order valence-corrected chi connectivity index (χ1v) is 7.99. The Morgan fingerprint density at radius 2 is 2.00 bits per heavy atom. The molecule has 1 amide bonds. The van der Waals surface area contributed by atoms with E-state index >= 15 is 0 Å². The van der Waals surface area contributed by atoms with Gasteiger partial charge in [0, 0.05) is 25.5 Å². The molecule has 21 heavy (non-hydrogen) atoms. The maximum absolute atomic E-state index is 12.1. The molecule has 1 atom stereocenters. The van der Waals surface area contributed by atoms with Gasteiger partial charge in [0.25, 0.3) is 0 Å². The van der Waals surface area contributed by atoms with Crippen molar-refractivity contribution in [3.63, 3.8) is 0 Å². The number of aromatic nitrogens is 2. The molecule has 0 aliphatic heterocycles. The van der Waals surface area contributed by atoms with Crippen LogP contribution in [0.3, 0.4) is 0 Å². The number of nitrogen functional groups attached to an aromatic ring is 1. The molecule has 0 fully saturated rings. The summed E-state index contributed by atoms with van der Waals surface area (Å²) in [6, 6.07) is 7.06. The number of hydrogen-bond acceptors (Lipinski definition) is 7. The first kappa shape index (κ1) is 15.6. The number of rotatable bonds is 5. The normalized spacial score (nSPS) is 12.0. The van der Waals surface area contributed by atoms with Crippen LogP contribution in [0.2, 0.25) is 0 Å². The fourth-order valence-corrected chi connectivity index (χ4v) is 3.35. The Kier molecular flexibility index (Phi) is 5.03. The summed E-state index contributed by atoms with van der Waals surface area (Å²) in [5.41, 5.74) is 7.01. The van der Waals surface area contributed by atoms with Gasteiger partial charge < -0.3 is 16.0 Å². The quantitative estimate of drug-likeness (QED) is 0.649. The van der Waals surface area contributed by atoms with E-state index in [9.17, 15) is 4.79 Å². The molecular formula is C13H17N5OS2. The highest BCUT2D eigenvalue weighted by Gasteiger charge is 2.17. The van der Waals surface area contributed by atoms with Crippen LogP contribution >= 0.6 is 23.1 Å². The van der Waals surface area contributed by atoms with Gasteiger partial charge in [-0.3, -0.25) is 4.79 Å². The minimum Gasteiger partial charge on any atom is -0.399 e. The van der Waals surface area contributed by atoms with Gasteiger partial charge in [-0.15, -0.1) is 10.2 Å². The van der Waals surface area contributed by atoms with Crippen molar-refractivity contribution in [1.82, 2.24) is 10.2 Å². The number of benzene rings is 1. The van der Waals surface area contributed by atoms with Gasteiger partial charge in [0.1, 0.15) is 0 Å². The molecule has 0 aliphatic carbocycles. The van der Waals surface area contributed by atoms with E-state index < -0.39 is 0 Å². The van der Waals surface area contributed by atoms with Crippen molar-refractivity contribution in [1.29, 1.82) is 0 Å². The molecule has 3 N–H and O–H groups in total. The van der Waals surface area contributed by atoms with Crippen LogP contribution in [0.4, 0.5) is 16.5 Å². The van der Waals surface area contributed by atoms with Gasteiger partial charge in [0.05, 0.1) is 5.25 Å². The second-order valence-corrected chi connectivity index (χ2v) is 7.16. The van der Waals surface area contributed by atoms with Crippen LogP contribution in [-0.4, -0.2) is 35.4 Å². The number of nitrogens with zero attached hydrogens (tertiary/aromatic N) is 3. The Hall–Kier alpha value is -1.80. The minimum atomic E-state index is -0.259. The van der Waals surface area contributed by atoms with Gasteiger partial charge in [-0.25, -0.2) is 0 Å². The van der Waals surface area contributed by atoms with Crippen LogP contribution in [-0.2, 0) is 4.79 Å². The zero-order chi connectivity index (χ0) is 15.4. The number of carbonyl (C=O) groups excluding carboxylic acids is 1. The number of amides is 1. The lowest BCUT2D eigenvalue weighted by Gasteiger charge is -2.10. The fraction of sp³-hybridized carbons (Fsp3) is 0.308. The van der Waals surface area contributed by atoms with E-state index in [1.807, 2.05) is 25.9 Å². The van der Waals surface area contributed by atoms with E-state index in [4.69, 9.17) is 5.73 Å². The molecule has 2 aromatic rings. The van der Waals surface area contributed by atoms with Crippen LogP contribution in [0.25, 0.3) is 0 Å². The van der Waals surface area contributed by atoms with Gasteiger partial charge in [-0.05, 0) is 31.2 Å². The summed E-state index contributed by atoms with van der Waals surface area (Å²) < 4.78 is 0.777. The highest BCUT2D eigenvalue weighted by atomic mass is 32.2. The third-order valence-corrected chi connectivity index (χ3v) is 4.88. The molecule has 0 aliphatic rings. The highest BCUT2D eigenvalue weighted by molar-refractivity contribution is 8.02. The molecule has 1 aromatic carbocycles. The second-order valence-electron chi connectivity index (χ2n) is 4.62. The Labute approximate surface area is 131 Å².